The molecule has 0 aromatic carbocycles. The SMILES string of the molecule is CCOc1ncccc1NC1CSC(C)C1. The third kappa shape index (κ3) is 2.82. The normalized spacial score (nSPS) is 24.4. The van der Waals surface area contributed by atoms with Gasteiger partial charge in [-0.15, -0.1) is 0 Å². The molecule has 1 aliphatic rings. The van der Waals surface area contributed by atoms with Gasteiger partial charge in [0, 0.05) is 23.2 Å². The summed E-state index contributed by atoms with van der Waals surface area (Å²) in [7, 11) is 0. The van der Waals surface area contributed by atoms with Crippen molar-refractivity contribution in [3.8, 4) is 5.88 Å². The van der Waals surface area contributed by atoms with E-state index in [1.54, 1.807) is 6.20 Å². The summed E-state index contributed by atoms with van der Waals surface area (Å²) in [4.78, 5) is 4.24. The molecule has 1 aliphatic heterocycles. The molecule has 1 aromatic heterocycles. The molecule has 0 radical (unpaired) electrons. The minimum Gasteiger partial charge on any atom is -0.476 e. The van der Waals surface area contributed by atoms with Gasteiger partial charge in [0.2, 0.25) is 5.88 Å². The maximum atomic E-state index is 5.49. The van der Waals surface area contributed by atoms with E-state index in [4.69, 9.17) is 4.74 Å². The van der Waals surface area contributed by atoms with Crippen molar-refractivity contribution >= 4 is 17.4 Å². The number of thioether (sulfide) groups is 1. The van der Waals surface area contributed by atoms with Crippen LogP contribution in [0.25, 0.3) is 0 Å². The lowest BCUT2D eigenvalue weighted by Crippen LogP contribution is -2.19. The van der Waals surface area contributed by atoms with Gasteiger partial charge in [-0.05, 0) is 25.5 Å². The van der Waals surface area contributed by atoms with Crippen LogP contribution < -0.4 is 10.1 Å². The van der Waals surface area contributed by atoms with Gasteiger partial charge < -0.3 is 10.1 Å². The molecule has 2 rings (SSSR count). The Kier molecular flexibility index (Phi) is 3.93. The lowest BCUT2D eigenvalue weighted by Gasteiger charge is -2.15. The first kappa shape index (κ1) is 11.6. The van der Waals surface area contributed by atoms with Crippen LogP contribution in [0.5, 0.6) is 5.88 Å². The fourth-order valence-corrected chi connectivity index (χ4v) is 3.04. The van der Waals surface area contributed by atoms with E-state index in [1.165, 1.54) is 12.2 Å². The molecule has 2 unspecified atom stereocenters. The molecule has 2 heterocycles. The van der Waals surface area contributed by atoms with E-state index >= 15 is 0 Å². The van der Waals surface area contributed by atoms with E-state index in [-0.39, 0.29) is 0 Å². The summed E-state index contributed by atoms with van der Waals surface area (Å²) in [5, 5.41) is 4.27. The molecule has 4 heteroatoms. The summed E-state index contributed by atoms with van der Waals surface area (Å²) in [5.41, 5.74) is 1.02. The van der Waals surface area contributed by atoms with E-state index < -0.39 is 0 Å². The third-order valence-corrected chi connectivity index (χ3v) is 3.97. The average molecular weight is 238 g/mol. The molecule has 1 N–H and O–H groups in total. The Balaban J connectivity index is 2.02. The number of ether oxygens (including phenoxy) is 1. The van der Waals surface area contributed by atoms with E-state index in [0.717, 1.165) is 16.8 Å². The minimum atomic E-state index is 0.545. The quantitative estimate of drug-likeness (QED) is 0.874. The van der Waals surface area contributed by atoms with Crippen LogP contribution in [0, 0.1) is 0 Å². The van der Waals surface area contributed by atoms with Gasteiger partial charge in [-0.2, -0.15) is 11.8 Å². The predicted octanol–water partition coefficient (Wildman–Crippen LogP) is 2.79. The molecule has 1 aromatic rings. The molecule has 2 atom stereocenters. The van der Waals surface area contributed by atoms with Gasteiger partial charge in [0.1, 0.15) is 0 Å². The molecule has 1 fully saturated rings. The van der Waals surface area contributed by atoms with Crippen molar-refractivity contribution in [3.05, 3.63) is 18.3 Å². The van der Waals surface area contributed by atoms with Gasteiger partial charge in [0.05, 0.1) is 12.3 Å². The Hall–Kier alpha value is -0.900. The predicted molar refractivity (Wildman–Crippen MR) is 69.4 cm³/mol. The Bertz CT molecular complexity index is 346. The number of nitrogens with one attached hydrogen (secondary N) is 1. The van der Waals surface area contributed by atoms with Crippen LogP contribution >= 0.6 is 11.8 Å². The van der Waals surface area contributed by atoms with E-state index in [1.807, 2.05) is 30.8 Å². The molecule has 0 amide bonds. The Morgan fingerprint density at radius 1 is 1.62 bits per heavy atom. The number of pyridine rings is 1. The monoisotopic (exact) mass is 238 g/mol. The molecular formula is C12H18N2OS. The number of anilines is 1. The first-order valence-corrected chi connectivity index (χ1v) is 6.80. The van der Waals surface area contributed by atoms with Crippen molar-refractivity contribution in [2.24, 2.45) is 0 Å². The number of rotatable bonds is 4. The molecule has 16 heavy (non-hydrogen) atoms. The summed E-state index contributed by atoms with van der Waals surface area (Å²) in [6, 6.07) is 4.52. The van der Waals surface area contributed by atoms with Crippen LogP contribution in [0.4, 0.5) is 5.69 Å². The molecule has 1 saturated heterocycles. The van der Waals surface area contributed by atoms with Crippen LogP contribution in [0.3, 0.4) is 0 Å². The largest absolute Gasteiger partial charge is 0.476 e. The summed E-state index contributed by atoms with van der Waals surface area (Å²) in [6.07, 6.45) is 2.98. The highest BCUT2D eigenvalue weighted by Gasteiger charge is 2.22. The zero-order valence-electron chi connectivity index (χ0n) is 9.77. The maximum Gasteiger partial charge on any atom is 0.237 e. The van der Waals surface area contributed by atoms with Crippen LogP contribution in [0.2, 0.25) is 0 Å². The van der Waals surface area contributed by atoms with Crippen molar-refractivity contribution in [1.29, 1.82) is 0 Å². The van der Waals surface area contributed by atoms with Crippen LogP contribution in [-0.4, -0.2) is 28.6 Å². The number of hydrogen-bond acceptors (Lipinski definition) is 4. The number of aromatic nitrogens is 1. The van der Waals surface area contributed by atoms with E-state index in [9.17, 15) is 0 Å². The summed E-state index contributed by atoms with van der Waals surface area (Å²) in [5.74, 6) is 1.89. The molecule has 0 spiro atoms. The fourth-order valence-electron chi connectivity index (χ4n) is 1.89. The average Bonchev–Trinajstić information content (AvgIpc) is 2.67. The summed E-state index contributed by atoms with van der Waals surface area (Å²) < 4.78 is 5.49. The Morgan fingerprint density at radius 3 is 3.19 bits per heavy atom. The van der Waals surface area contributed by atoms with E-state index in [2.05, 4.69) is 17.2 Å². The van der Waals surface area contributed by atoms with Gasteiger partial charge in [0.25, 0.3) is 0 Å². The standard InChI is InChI=1S/C12H18N2OS/c1-3-15-12-11(5-4-6-13-12)14-10-7-9(2)16-8-10/h4-6,9-10,14H,3,7-8H2,1-2H3. The second kappa shape index (κ2) is 5.43. The fraction of sp³-hybridized carbons (Fsp3) is 0.583. The first-order valence-electron chi connectivity index (χ1n) is 5.75. The highest BCUT2D eigenvalue weighted by Crippen LogP contribution is 2.30. The highest BCUT2D eigenvalue weighted by atomic mass is 32.2. The molecule has 0 aliphatic carbocycles. The summed E-state index contributed by atoms with van der Waals surface area (Å²) in [6.45, 7) is 4.91. The third-order valence-electron chi connectivity index (χ3n) is 2.61. The van der Waals surface area contributed by atoms with Crippen LogP contribution in [-0.2, 0) is 0 Å². The molecule has 0 saturated carbocycles. The minimum absolute atomic E-state index is 0.545. The molecule has 0 bridgehead atoms. The molecule has 3 nitrogen and oxygen atoms in total. The molecular weight excluding hydrogens is 220 g/mol. The van der Waals surface area contributed by atoms with Crippen molar-refractivity contribution in [2.45, 2.75) is 31.6 Å². The zero-order valence-corrected chi connectivity index (χ0v) is 10.6. The van der Waals surface area contributed by atoms with Gasteiger partial charge in [-0.1, -0.05) is 6.92 Å². The smallest absolute Gasteiger partial charge is 0.237 e. The number of nitrogens with zero attached hydrogens (tertiary/aromatic N) is 1. The Morgan fingerprint density at radius 2 is 2.50 bits per heavy atom. The second-order valence-electron chi connectivity index (χ2n) is 4.01. The van der Waals surface area contributed by atoms with Crippen LogP contribution in [0.1, 0.15) is 20.3 Å². The lowest BCUT2D eigenvalue weighted by atomic mass is 10.2. The lowest BCUT2D eigenvalue weighted by molar-refractivity contribution is 0.328. The topological polar surface area (TPSA) is 34.1 Å². The van der Waals surface area contributed by atoms with E-state index in [0.29, 0.717) is 12.6 Å². The maximum absolute atomic E-state index is 5.49. The molecule has 88 valence electrons. The summed E-state index contributed by atoms with van der Waals surface area (Å²) >= 11 is 2.02. The Labute approximate surface area is 101 Å². The second-order valence-corrected chi connectivity index (χ2v) is 5.48. The van der Waals surface area contributed by atoms with Crippen LogP contribution in [0.15, 0.2) is 18.3 Å². The van der Waals surface area contributed by atoms with Gasteiger partial charge in [0.15, 0.2) is 0 Å². The van der Waals surface area contributed by atoms with Crippen molar-refractivity contribution in [1.82, 2.24) is 4.98 Å². The zero-order chi connectivity index (χ0) is 11.4. The highest BCUT2D eigenvalue weighted by molar-refractivity contribution is 8.00. The van der Waals surface area contributed by atoms with Gasteiger partial charge in [-0.25, -0.2) is 4.98 Å². The first-order chi connectivity index (χ1) is 7.79. The van der Waals surface area contributed by atoms with Crippen molar-refractivity contribution in [3.63, 3.8) is 0 Å². The van der Waals surface area contributed by atoms with Gasteiger partial charge in [-0.3, -0.25) is 0 Å². The number of hydrogen-bond donors (Lipinski definition) is 1. The van der Waals surface area contributed by atoms with Crippen molar-refractivity contribution < 1.29 is 4.74 Å². The van der Waals surface area contributed by atoms with Crippen molar-refractivity contribution in [2.75, 3.05) is 17.7 Å². The van der Waals surface area contributed by atoms with Gasteiger partial charge >= 0.3 is 0 Å².